The number of amides is 2. The van der Waals surface area contributed by atoms with Crippen LogP contribution in [0.15, 0.2) is 35.7 Å². The van der Waals surface area contributed by atoms with Gasteiger partial charge >= 0.3 is 0 Å². The molecule has 1 aromatic carbocycles. The highest BCUT2D eigenvalue weighted by Gasteiger charge is 2.37. The molecule has 3 heterocycles. The third-order valence-electron chi connectivity index (χ3n) is 5.75. The number of benzene rings is 1. The second kappa shape index (κ2) is 8.37. The number of primary amides is 1. The maximum atomic E-state index is 13.7. The van der Waals surface area contributed by atoms with Crippen molar-refractivity contribution in [1.29, 1.82) is 0 Å². The Morgan fingerprint density at radius 2 is 1.87 bits per heavy atom. The maximum Gasteiger partial charge on any atom is 0.267 e. The zero-order valence-electron chi connectivity index (χ0n) is 16.9. The normalized spacial score (nSPS) is 23.3. The Hall–Kier alpha value is -3.43. The summed E-state index contributed by atoms with van der Waals surface area (Å²) in [6, 6.07) is 4.26. The predicted octanol–water partition coefficient (Wildman–Crippen LogP) is 2.42. The van der Waals surface area contributed by atoms with E-state index in [-0.39, 0.29) is 23.6 Å². The highest BCUT2D eigenvalue weighted by molar-refractivity contribution is 5.91. The number of halogens is 2. The number of aromatic nitrogens is 2. The topological polar surface area (TPSA) is 105 Å². The summed E-state index contributed by atoms with van der Waals surface area (Å²) in [7, 11) is 0. The monoisotopic (exact) mass is 428 g/mol. The smallest absolute Gasteiger partial charge is 0.267 e. The molecule has 0 spiro atoms. The van der Waals surface area contributed by atoms with Gasteiger partial charge in [-0.25, -0.2) is 23.8 Å². The molecule has 0 aliphatic carbocycles. The maximum absolute atomic E-state index is 13.7. The molecular formula is C21H22F2N6O2. The number of nitrogens with zero attached hydrogens (tertiary/aromatic N) is 5. The Morgan fingerprint density at radius 1 is 1.13 bits per heavy atom. The predicted molar refractivity (Wildman–Crippen MR) is 109 cm³/mol. The van der Waals surface area contributed by atoms with Gasteiger partial charge in [0.2, 0.25) is 5.91 Å². The van der Waals surface area contributed by atoms with Crippen molar-refractivity contribution in [3.05, 3.63) is 53.5 Å². The van der Waals surface area contributed by atoms with Crippen LogP contribution in [0.1, 0.15) is 48.3 Å². The molecule has 31 heavy (non-hydrogen) atoms. The van der Waals surface area contributed by atoms with E-state index in [0.717, 1.165) is 6.07 Å². The lowest BCUT2D eigenvalue weighted by Gasteiger charge is -2.39. The molecule has 10 heteroatoms. The van der Waals surface area contributed by atoms with Gasteiger partial charge in [0, 0.05) is 43.3 Å². The number of anilines is 1. The quantitative estimate of drug-likeness (QED) is 0.805. The van der Waals surface area contributed by atoms with Crippen LogP contribution in [0.25, 0.3) is 0 Å². The summed E-state index contributed by atoms with van der Waals surface area (Å²) >= 11 is 0. The van der Waals surface area contributed by atoms with Crippen molar-refractivity contribution in [2.75, 3.05) is 11.4 Å². The molecule has 0 saturated carbocycles. The fourth-order valence-corrected chi connectivity index (χ4v) is 4.23. The fourth-order valence-electron chi connectivity index (χ4n) is 4.23. The number of carbonyl (C=O) groups is 2. The van der Waals surface area contributed by atoms with Crippen molar-refractivity contribution < 1.29 is 18.4 Å². The van der Waals surface area contributed by atoms with E-state index in [1.54, 1.807) is 12.3 Å². The van der Waals surface area contributed by atoms with E-state index in [1.807, 2.05) is 11.8 Å². The number of piperidine rings is 1. The molecule has 2 aromatic rings. The Balaban J connectivity index is 1.47. The minimum Gasteiger partial charge on any atom is -0.364 e. The van der Waals surface area contributed by atoms with Crippen LogP contribution in [0.5, 0.6) is 0 Å². The van der Waals surface area contributed by atoms with Crippen molar-refractivity contribution in [2.45, 2.75) is 38.3 Å². The Bertz CT molecular complexity index is 1030. The first kappa shape index (κ1) is 20.8. The van der Waals surface area contributed by atoms with Gasteiger partial charge in [0.15, 0.2) is 0 Å². The molecule has 1 aromatic heterocycles. The SMILES string of the molecule is C[C@@H]1C[C@H](C(=O)N2N=CC[C@H]2c2cc(F)cc(F)c2)CCN1c1cc(C(N)=O)ncn1. The number of nitrogens with two attached hydrogens (primary N) is 1. The first-order valence-corrected chi connectivity index (χ1v) is 10.0. The van der Waals surface area contributed by atoms with Crippen LogP contribution in [0.4, 0.5) is 14.6 Å². The largest absolute Gasteiger partial charge is 0.364 e. The van der Waals surface area contributed by atoms with Crippen molar-refractivity contribution >= 4 is 23.8 Å². The van der Waals surface area contributed by atoms with Crippen LogP contribution in [0.2, 0.25) is 0 Å². The van der Waals surface area contributed by atoms with E-state index < -0.39 is 23.6 Å². The number of hydrogen-bond acceptors (Lipinski definition) is 6. The van der Waals surface area contributed by atoms with Gasteiger partial charge in [-0.05, 0) is 37.5 Å². The second-order valence-corrected chi connectivity index (χ2v) is 7.82. The summed E-state index contributed by atoms with van der Waals surface area (Å²) in [5.74, 6) is -1.88. The van der Waals surface area contributed by atoms with Gasteiger partial charge in [0.1, 0.15) is 29.5 Å². The lowest BCUT2D eigenvalue weighted by molar-refractivity contribution is -0.138. The van der Waals surface area contributed by atoms with E-state index in [9.17, 15) is 18.4 Å². The molecule has 0 unspecified atom stereocenters. The highest BCUT2D eigenvalue weighted by Crippen LogP contribution is 2.34. The summed E-state index contributed by atoms with van der Waals surface area (Å²) < 4.78 is 27.3. The number of hydrogen-bond donors (Lipinski definition) is 1. The summed E-state index contributed by atoms with van der Waals surface area (Å²) in [6.45, 7) is 2.52. The van der Waals surface area contributed by atoms with Gasteiger partial charge < -0.3 is 10.6 Å². The number of hydrazone groups is 1. The third-order valence-corrected chi connectivity index (χ3v) is 5.75. The summed E-state index contributed by atoms with van der Waals surface area (Å²) in [5, 5.41) is 5.53. The molecule has 4 rings (SSSR count). The minimum atomic E-state index is -0.684. The first-order chi connectivity index (χ1) is 14.8. The van der Waals surface area contributed by atoms with Gasteiger partial charge in [-0.2, -0.15) is 5.10 Å². The molecular weight excluding hydrogens is 406 g/mol. The molecule has 162 valence electrons. The van der Waals surface area contributed by atoms with Gasteiger partial charge in [-0.15, -0.1) is 0 Å². The van der Waals surface area contributed by atoms with Gasteiger partial charge in [-0.1, -0.05) is 0 Å². The average molecular weight is 428 g/mol. The van der Waals surface area contributed by atoms with E-state index in [0.29, 0.717) is 37.2 Å². The van der Waals surface area contributed by atoms with E-state index in [1.165, 1.54) is 23.5 Å². The highest BCUT2D eigenvalue weighted by atomic mass is 19.1. The van der Waals surface area contributed by atoms with Crippen LogP contribution >= 0.6 is 0 Å². The summed E-state index contributed by atoms with van der Waals surface area (Å²) in [4.78, 5) is 34.7. The summed E-state index contributed by atoms with van der Waals surface area (Å²) in [5.41, 5.74) is 5.81. The Labute approximate surface area is 177 Å². The van der Waals surface area contributed by atoms with Crippen molar-refractivity contribution in [3.8, 4) is 0 Å². The van der Waals surface area contributed by atoms with Crippen molar-refractivity contribution in [2.24, 2.45) is 16.8 Å². The number of carbonyl (C=O) groups excluding carboxylic acids is 2. The van der Waals surface area contributed by atoms with Crippen LogP contribution in [-0.4, -0.2) is 45.6 Å². The molecule has 3 atom stereocenters. The molecule has 2 aliphatic heterocycles. The zero-order valence-corrected chi connectivity index (χ0v) is 16.9. The van der Waals surface area contributed by atoms with Gasteiger partial charge in [0.05, 0.1) is 6.04 Å². The molecule has 8 nitrogen and oxygen atoms in total. The van der Waals surface area contributed by atoms with E-state index in [2.05, 4.69) is 15.1 Å². The third kappa shape index (κ3) is 4.23. The lowest BCUT2D eigenvalue weighted by atomic mass is 9.90. The van der Waals surface area contributed by atoms with E-state index >= 15 is 0 Å². The van der Waals surface area contributed by atoms with Crippen molar-refractivity contribution in [1.82, 2.24) is 15.0 Å². The molecule has 2 amide bonds. The Kier molecular flexibility index (Phi) is 5.62. The zero-order chi connectivity index (χ0) is 22.1. The molecule has 0 radical (unpaired) electrons. The fraction of sp³-hybridized carbons (Fsp3) is 0.381. The Morgan fingerprint density at radius 3 is 2.55 bits per heavy atom. The minimum absolute atomic E-state index is 0.0324. The average Bonchev–Trinajstić information content (AvgIpc) is 3.22. The van der Waals surface area contributed by atoms with Gasteiger partial charge in [0.25, 0.3) is 5.91 Å². The molecule has 1 fully saturated rings. The van der Waals surface area contributed by atoms with Crippen LogP contribution in [0, 0.1) is 17.6 Å². The van der Waals surface area contributed by atoms with Crippen LogP contribution < -0.4 is 10.6 Å². The summed E-state index contributed by atoms with van der Waals surface area (Å²) in [6.07, 6.45) is 4.39. The van der Waals surface area contributed by atoms with Crippen molar-refractivity contribution in [3.63, 3.8) is 0 Å². The molecule has 2 N–H and O–H groups in total. The van der Waals surface area contributed by atoms with Crippen LogP contribution in [-0.2, 0) is 4.79 Å². The molecule has 0 bridgehead atoms. The van der Waals surface area contributed by atoms with Gasteiger partial charge in [-0.3, -0.25) is 9.59 Å². The molecule has 1 saturated heterocycles. The first-order valence-electron chi connectivity index (χ1n) is 10.0. The second-order valence-electron chi connectivity index (χ2n) is 7.82. The lowest BCUT2D eigenvalue weighted by Crippen LogP contribution is -2.46. The van der Waals surface area contributed by atoms with Crippen LogP contribution in [0.3, 0.4) is 0 Å². The molecule has 2 aliphatic rings. The number of rotatable bonds is 4. The van der Waals surface area contributed by atoms with E-state index in [4.69, 9.17) is 5.73 Å². The standard InChI is InChI=1S/C21H22F2N6O2/c1-12-6-13(3-5-28(12)19-10-17(20(24)30)25-11-26-19)21(31)29-18(2-4-27-29)14-7-15(22)9-16(23)8-14/h4,7-13,18H,2-3,5-6H2,1H3,(H2,24,30)/t12-,13-,18+/m1/s1.